The number of carboxylic acid groups (broad SMARTS) is 2. The number of para-hydroxylation sites is 1. The summed E-state index contributed by atoms with van der Waals surface area (Å²) in [6.07, 6.45) is -1.38. The summed E-state index contributed by atoms with van der Waals surface area (Å²) < 4.78 is 4.99. The maximum Gasteiger partial charge on any atom is 0.409 e. The Morgan fingerprint density at radius 1 is 1.03 bits per heavy atom. The molecule has 2 heterocycles. The van der Waals surface area contributed by atoms with Gasteiger partial charge in [-0.05, 0) is 25.0 Å². The summed E-state index contributed by atoms with van der Waals surface area (Å²) in [5.41, 5.74) is 0.856. The van der Waals surface area contributed by atoms with Crippen LogP contribution in [0.5, 0.6) is 0 Å². The number of rotatable bonds is 10. The van der Waals surface area contributed by atoms with Gasteiger partial charge >= 0.3 is 18.0 Å². The predicted molar refractivity (Wildman–Crippen MR) is 136 cm³/mol. The van der Waals surface area contributed by atoms with Gasteiger partial charge in [0.25, 0.3) is 5.91 Å². The fourth-order valence-corrected chi connectivity index (χ4v) is 4.35. The van der Waals surface area contributed by atoms with Crippen LogP contribution in [0.15, 0.2) is 24.3 Å². The molecule has 2 aromatic rings. The van der Waals surface area contributed by atoms with Gasteiger partial charge in [0.2, 0.25) is 5.91 Å². The lowest BCUT2D eigenvalue weighted by Gasteiger charge is -2.36. The van der Waals surface area contributed by atoms with Crippen molar-refractivity contribution < 1.29 is 38.9 Å². The van der Waals surface area contributed by atoms with Crippen LogP contribution in [0.25, 0.3) is 10.9 Å². The zero-order chi connectivity index (χ0) is 27.8. The number of carboxylic acids is 2. The highest BCUT2D eigenvalue weighted by molar-refractivity contribution is 6.05. The molecule has 3 rings (SSSR count). The molecule has 4 N–H and O–H groups in total. The van der Waals surface area contributed by atoms with Crippen LogP contribution in [0.4, 0.5) is 10.5 Å². The van der Waals surface area contributed by atoms with Crippen molar-refractivity contribution in [1.29, 1.82) is 0 Å². The summed E-state index contributed by atoms with van der Waals surface area (Å²) in [6.45, 7) is 2.78. The van der Waals surface area contributed by atoms with Gasteiger partial charge in [0.15, 0.2) is 5.69 Å². The summed E-state index contributed by atoms with van der Waals surface area (Å²) in [6, 6.07) is 5.62. The van der Waals surface area contributed by atoms with Crippen LogP contribution in [0, 0.1) is 0 Å². The summed E-state index contributed by atoms with van der Waals surface area (Å²) in [5.74, 6) is -3.46. The third kappa shape index (κ3) is 6.66. The van der Waals surface area contributed by atoms with E-state index in [9.17, 15) is 34.2 Å². The Bertz CT molecular complexity index is 1230. The largest absolute Gasteiger partial charge is 0.481 e. The number of anilines is 1. The van der Waals surface area contributed by atoms with E-state index in [-0.39, 0.29) is 63.4 Å². The number of pyridine rings is 1. The minimum Gasteiger partial charge on any atom is -0.481 e. The highest BCUT2D eigenvalue weighted by atomic mass is 16.6. The van der Waals surface area contributed by atoms with Crippen molar-refractivity contribution in [2.45, 2.75) is 32.2 Å². The molecule has 13 nitrogen and oxygen atoms in total. The van der Waals surface area contributed by atoms with Gasteiger partial charge in [0.1, 0.15) is 6.04 Å². The second-order valence-corrected chi connectivity index (χ2v) is 8.62. The lowest BCUT2D eigenvalue weighted by atomic mass is 10.0. The molecule has 1 unspecified atom stereocenters. The number of benzene rings is 1. The molecule has 204 valence electrons. The Morgan fingerprint density at radius 2 is 1.68 bits per heavy atom. The van der Waals surface area contributed by atoms with E-state index in [1.165, 1.54) is 16.8 Å². The number of carbonyl (C=O) groups is 5. The number of fused-ring (bicyclic) bond motifs is 1. The number of aromatic nitrogens is 1. The highest BCUT2D eigenvalue weighted by Crippen LogP contribution is 2.28. The van der Waals surface area contributed by atoms with E-state index < -0.39 is 35.9 Å². The van der Waals surface area contributed by atoms with Crippen LogP contribution in [-0.2, 0) is 25.5 Å². The smallest absolute Gasteiger partial charge is 0.409 e. The molecule has 1 aromatic heterocycles. The van der Waals surface area contributed by atoms with Gasteiger partial charge in [-0.1, -0.05) is 18.2 Å². The molecule has 0 aliphatic carbocycles. The first-order valence-electron chi connectivity index (χ1n) is 12.2. The molecule has 0 spiro atoms. The van der Waals surface area contributed by atoms with Crippen molar-refractivity contribution in [3.63, 3.8) is 0 Å². The molecule has 1 saturated heterocycles. The van der Waals surface area contributed by atoms with Crippen LogP contribution < -0.4 is 10.6 Å². The van der Waals surface area contributed by atoms with E-state index in [0.29, 0.717) is 16.5 Å². The molecule has 1 fully saturated rings. The molecule has 38 heavy (non-hydrogen) atoms. The highest BCUT2D eigenvalue weighted by Gasteiger charge is 2.32. The second-order valence-electron chi connectivity index (χ2n) is 8.62. The minimum atomic E-state index is -1.17. The topological polar surface area (TPSA) is 178 Å². The van der Waals surface area contributed by atoms with Crippen molar-refractivity contribution in [1.82, 2.24) is 20.1 Å². The van der Waals surface area contributed by atoms with E-state index in [0.717, 1.165) is 0 Å². The van der Waals surface area contributed by atoms with Gasteiger partial charge in [-0.25, -0.2) is 9.78 Å². The minimum absolute atomic E-state index is 0.109. The fraction of sp³-hybridized carbons (Fsp3) is 0.440. The lowest BCUT2D eigenvalue weighted by molar-refractivity contribution is -0.139. The zero-order valence-electron chi connectivity index (χ0n) is 21.2. The van der Waals surface area contributed by atoms with Crippen LogP contribution in [0.2, 0.25) is 0 Å². The Hall–Kier alpha value is -4.42. The van der Waals surface area contributed by atoms with E-state index in [2.05, 4.69) is 15.6 Å². The monoisotopic (exact) mass is 529 g/mol. The zero-order valence-corrected chi connectivity index (χ0v) is 21.2. The number of nitrogens with one attached hydrogen (secondary N) is 2. The van der Waals surface area contributed by atoms with E-state index in [4.69, 9.17) is 4.74 Å². The third-order valence-corrected chi connectivity index (χ3v) is 6.16. The van der Waals surface area contributed by atoms with Crippen molar-refractivity contribution in [2.24, 2.45) is 0 Å². The Labute approximate surface area is 218 Å². The van der Waals surface area contributed by atoms with Gasteiger partial charge in [-0.15, -0.1) is 0 Å². The number of piperazine rings is 1. The summed E-state index contributed by atoms with van der Waals surface area (Å²) in [7, 11) is 1.53. The molecule has 0 bridgehead atoms. The van der Waals surface area contributed by atoms with E-state index >= 15 is 0 Å². The number of nitrogens with zero attached hydrogens (tertiary/aromatic N) is 3. The number of hydrogen-bond acceptors (Lipinski definition) is 8. The molecule has 1 aliphatic heterocycles. The second kappa shape index (κ2) is 12.7. The Kier molecular flexibility index (Phi) is 9.41. The average Bonchev–Trinajstić information content (AvgIpc) is 2.90. The van der Waals surface area contributed by atoms with Gasteiger partial charge in [0.05, 0.1) is 24.2 Å². The molecule has 3 amide bonds. The van der Waals surface area contributed by atoms with E-state index in [1.807, 2.05) is 0 Å². The Morgan fingerprint density at radius 3 is 2.29 bits per heavy atom. The van der Waals surface area contributed by atoms with Crippen LogP contribution >= 0.6 is 0 Å². The standard InChI is InChI=1S/C25H31N5O8/c1-3-38-25(37)30-12-10-29(11-13-30)24(36)18(8-9-19(31)32)28-23(35)22-21(26-2)16(14-20(33)34)15-6-4-5-7-17(15)27-22/h4-7,18,26H,3,8-14H2,1-2H3,(H,28,35)(H,31,32)(H,33,34). The first kappa shape index (κ1) is 28.2. The number of amides is 3. The summed E-state index contributed by atoms with van der Waals surface area (Å²) >= 11 is 0. The van der Waals surface area contributed by atoms with Crippen LogP contribution in [0.1, 0.15) is 35.8 Å². The average molecular weight is 530 g/mol. The molecular formula is C25H31N5O8. The van der Waals surface area contributed by atoms with E-state index in [1.54, 1.807) is 31.2 Å². The lowest BCUT2D eigenvalue weighted by Crippen LogP contribution is -2.56. The quantitative estimate of drug-likeness (QED) is 0.349. The number of aliphatic carboxylic acids is 2. The first-order chi connectivity index (χ1) is 18.2. The van der Waals surface area contributed by atoms with Crippen molar-refractivity contribution in [3.8, 4) is 0 Å². The third-order valence-electron chi connectivity index (χ3n) is 6.16. The SMILES string of the molecule is CCOC(=O)N1CCN(C(=O)C(CCC(=O)O)NC(=O)c2nc3ccccc3c(CC(=O)O)c2NC)CC1. The predicted octanol–water partition coefficient (Wildman–Crippen LogP) is 1.17. The Balaban J connectivity index is 1.87. The maximum absolute atomic E-state index is 13.4. The first-order valence-corrected chi connectivity index (χ1v) is 12.2. The summed E-state index contributed by atoms with van der Waals surface area (Å²) in [5, 5.41) is 24.7. The molecule has 0 saturated carbocycles. The maximum atomic E-state index is 13.4. The van der Waals surface area contributed by atoms with Crippen molar-refractivity contribution >= 4 is 46.4 Å². The summed E-state index contributed by atoms with van der Waals surface area (Å²) in [4.78, 5) is 68.9. The fourth-order valence-electron chi connectivity index (χ4n) is 4.35. The van der Waals surface area contributed by atoms with Gasteiger partial charge < -0.3 is 35.4 Å². The number of hydrogen-bond donors (Lipinski definition) is 4. The van der Waals surface area contributed by atoms with Crippen molar-refractivity contribution in [3.05, 3.63) is 35.5 Å². The molecule has 1 aliphatic rings. The molecule has 13 heteroatoms. The van der Waals surface area contributed by atoms with Crippen LogP contribution in [0.3, 0.4) is 0 Å². The van der Waals surface area contributed by atoms with Gasteiger partial charge in [-0.3, -0.25) is 19.2 Å². The number of ether oxygens (including phenoxy) is 1. The molecular weight excluding hydrogens is 498 g/mol. The van der Waals surface area contributed by atoms with Crippen LogP contribution in [-0.4, -0.2) is 101 Å². The molecule has 0 radical (unpaired) electrons. The van der Waals surface area contributed by atoms with Gasteiger partial charge in [0, 0.05) is 45.0 Å². The molecule has 1 aromatic carbocycles. The number of carbonyl (C=O) groups excluding carboxylic acids is 3. The normalized spacial score (nSPS) is 14.1. The van der Waals surface area contributed by atoms with Crippen molar-refractivity contribution in [2.75, 3.05) is 45.2 Å². The van der Waals surface area contributed by atoms with Gasteiger partial charge in [-0.2, -0.15) is 0 Å². The molecule has 1 atom stereocenters.